The Morgan fingerprint density at radius 2 is 1.88 bits per heavy atom. The van der Waals surface area contributed by atoms with Crippen LogP contribution in [0.3, 0.4) is 0 Å². The quantitative estimate of drug-likeness (QED) is 0.672. The van der Waals surface area contributed by atoms with Gasteiger partial charge in [0.2, 0.25) is 0 Å². The molecule has 3 aromatic rings. The molecule has 3 rings (SSSR count). The molecule has 0 aliphatic rings. The fourth-order valence-electron chi connectivity index (χ4n) is 1.93. The van der Waals surface area contributed by atoms with Gasteiger partial charge in [-0.15, -0.1) is 0 Å². The van der Waals surface area contributed by atoms with Gasteiger partial charge in [-0.05, 0) is 17.7 Å². The number of nitrogens with zero attached hydrogens (tertiary/aromatic N) is 2. The highest BCUT2D eigenvalue weighted by Crippen LogP contribution is 2.15. The van der Waals surface area contributed by atoms with Gasteiger partial charge >= 0.3 is 0 Å². The van der Waals surface area contributed by atoms with Crippen molar-refractivity contribution in [3.05, 3.63) is 71.3 Å². The third-order valence-electron chi connectivity index (χ3n) is 2.77. The average Bonchev–Trinajstić information content (AvgIpc) is 2.73. The van der Waals surface area contributed by atoms with E-state index in [9.17, 15) is 0 Å². The van der Waals surface area contributed by atoms with Crippen LogP contribution in [0.4, 0.5) is 0 Å². The number of aromatic nitrogens is 2. The molecule has 0 aliphatic heterocycles. The summed E-state index contributed by atoms with van der Waals surface area (Å²) in [5, 5.41) is 0.727. The van der Waals surface area contributed by atoms with E-state index < -0.39 is 0 Å². The minimum absolute atomic E-state index is 0.727. The van der Waals surface area contributed by atoms with Crippen molar-refractivity contribution in [2.75, 3.05) is 0 Å². The highest BCUT2D eigenvalue weighted by Gasteiger charge is 2.04. The van der Waals surface area contributed by atoms with Gasteiger partial charge in [-0.3, -0.25) is 0 Å². The van der Waals surface area contributed by atoms with Gasteiger partial charge in [0.15, 0.2) is 0 Å². The summed E-state index contributed by atoms with van der Waals surface area (Å²) in [5.41, 5.74) is 2.32. The van der Waals surface area contributed by atoms with Crippen LogP contribution < -0.4 is 0 Å². The highest BCUT2D eigenvalue weighted by atomic mass is 35.5. The Balaban J connectivity index is 2.03. The maximum atomic E-state index is 6.00. The second kappa shape index (κ2) is 4.22. The molecule has 0 fully saturated rings. The van der Waals surface area contributed by atoms with E-state index in [1.807, 2.05) is 47.1 Å². The Hall–Kier alpha value is -1.80. The van der Waals surface area contributed by atoms with Crippen molar-refractivity contribution in [1.82, 2.24) is 9.38 Å². The smallest absolute Gasteiger partial charge is 0.117 e. The number of pyridine rings is 1. The van der Waals surface area contributed by atoms with Crippen LogP contribution in [-0.2, 0) is 6.42 Å². The highest BCUT2D eigenvalue weighted by molar-refractivity contribution is 6.30. The predicted octanol–water partition coefficient (Wildman–Crippen LogP) is 3.58. The molecule has 2 heterocycles. The standard InChI is InChI=1S/C14H11ClN2/c15-12-6-7-13-9-16-14(17(13)10-12)8-11-4-2-1-3-5-11/h1-7,9-10H,8H2. The third-order valence-corrected chi connectivity index (χ3v) is 3.00. The Labute approximate surface area is 104 Å². The Kier molecular flexibility index (Phi) is 2.57. The predicted molar refractivity (Wildman–Crippen MR) is 69.5 cm³/mol. The van der Waals surface area contributed by atoms with Crippen molar-refractivity contribution in [2.24, 2.45) is 0 Å². The van der Waals surface area contributed by atoms with Gasteiger partial charge in [-0.25, -0.2) is 4.98 Å². The first kappa shape index (κ1) is 10.4. The van der Waals surface area contributed by atoms with Gasteiger partial charge in [-0.2, -0.15) is 0 Å². The minimum atomic E-state index is 0.727. The second-order valence-electron chi connectivity index (χ2n) is 3.98. The summed E-state index contributed by atoms with van der Waals surface area (Å²) in [4.78, 5) is 4.44. The van der Waals surface area contributed by atoms with Gasteiger partial charge in [0.25, 0.3) is 0 Å². The lowest BCUT2D eigenvalue weighted by atomic mass is 10.1. The van der Waals surface area contributed by atoms with Gasteiger partial charge < -0.3 is 4.40 Å². The molecular formula is C14H11ClN2. The van der Waals surface area contributed by atoms with Crippen molar-refractivity contribution in [2.45, 2.75) is 6.42 Å². The van der Waals surface area contributed by atoms with Crippen LogP contribution in [0.1, 0.15) is 11.4 Å². The molecule has 17 heavy (non-hydrogen) atoms. The van der Waals surface area contributed by atoms with E-state index in [4.69, 9.17) is 11.6 Å². The number of imidazole rings is 1. The molecule has 0 bridgehead atoms. The first-order valence-corrected chi connectivity index (χ1v) is 5.86. The number of hydrogen-bond acceptors (Lipinski definition) is 1. The number of fused-ring (bicyclic) bond motifs is 1. The zero-order chi connectivity index (χ0) is 11.7. The van der Waals surface area contributed by atoms with Crippen LogP contribution in [0.15, 0.2) is 54.9 Å². The molecule has 3 heteroatoms. The molecule has 1 aromatic carbocycles. The van der Waals surface area contributed by atoms with Crippen LogP contribution in [0.2, 0.25) is 5.02 Å². The van der Waals surface area contributed by atoms with Crippen LogP contribution >= 0.6 is 11.6 Å². The van der Waals surface area contributed by atoms with E-state index in [1.54, 1.807) is 0 Å². The molecular weight excluding hydrogens is 232 g/mol. The molecule has 0 saturated carbocycles. The van der Waals surface area contributed by atoms with Crippen LogP contribution in [0, 0.1) is 0 Å². The summed E-state index contributed by atoms with van der Waals surface area (Å²) in [6.45, 7) is 0. The third kappa shape index (κ3) is 2.04. The summed E-state index contributed by atoms with van der Waals surface area (Å²) < 4.78 is 2.04. The van der Waals surface area contributed by atoms with E-state index in [2.05, 4.69) is 17.1 Å². The maximum Gasteiger partial charge on any atom is 0.117 e. The first-order valence-electron chi connectivity index (χ1n) is 5.48. The Morgan fingerprint density at radius 1 is 1.06 bits per heavy atom. The van der Waals surface area contributed by atoms with Crippen molar-refractivity contribution in [3.63, 3.8) is 0 Å². The lowest BCUT2D eigenvalue weighted by Gasteiger charge is -2.02. The van der Waals surface area contributed by atoms with E-state index in [-0.39, 0.29) is 0 Å². The van der Waals surface area contributed by atoms with Gasteiger partial charge in [0.05, 0.1) is 16.7 Å². The van der Waals surface area contributed by atoms with Crippen molar-refractivity contribution in [3.8, 4) is 0 Å². The monoisotopic (exact) mass is 242 g/mol. The Morgan fingerprint density at radius 3 is 2.71 bits per heavy atom. The molecule has 0 aliphatic carbocycles. The van der Waals surface area contributed by atoms with Crippen LogP contribution in [0.5, 0.6) is 0 Å². The zero-order valence-corrected chi connectivity index (χ0v) is 9.93. The van der Waals surface area contributed by atoms with Gasteiger partial charge in [0, 0.05) is 12.6 Å². The molecule has 0 radical (unpaired) electrons. The SMILES string of the molecule is Clc1ccc2cnc(Cc3ccccc3)n2c1. The van der Waals surface area contributed by atoms with Crippen LogP contribution in [0.25, 0.3) is 5.52 Å². The molecule has 84 valence electrons. The van der Waals surface area contributed by atoms with E-state index in [0.29, 0.717) is 0 Å². The largest absolute Gasteiger partial charge is 0.302 e. The normalized spacial score (nSPS) is 10.9. The lowest BCUT2D eigenvalue weighted by molar-refractivity contribution is 0.962. The summed E-state index contributed by atoms with van der Waals surface area (Å²) in [7, 11) is 0. The maximum absolute atomic E-state index is 6.00. The number of benzene rings is 1. The fourth-order valence-corrected chi connectivity index (χ4v) is 2.09. The minimum Gasteiger partial charge on any atom is -0.302 e. The van der Waals surface area contributed by atoms with E-state index >= 15 is 0 Å². The fraction of sp³-hybridized carbons (Fsp3) is 0.0714. The second-order valence-corrected chi connectivity index (χ2v) is 4.42. The van der Waals surface area contributed by atoms with Crippen molar-refractivity contribution in [1.29, 1.82) is 0 Å². The molecule has 0 atom stereocenters. The van der Waals surface area contributed by atoms with E-state index in [0.717, 1.165) is 22.8 Å². The average molecular weight is 243 g/mol. The summed E-state index contributed by atoms with van der Waals surface area (Å²) in [6.07, 6.45) is 4.59. The van der Waals surface area contributed by atoms with Gasteiger partial charge in [-0.1, -0.05) is 41.9 Å². The Bertz CT molecular complexity index is 644. The molecule has 2 aromatic heterocycles. The molecule has 2 nitrogen and oxygen atoms in total. The first-order chi connectivity index (χ1) is 8.33. The van der Waals surface area contributed by atoms with Gasteiger partial charge in [0.1, 0.15) is 5.82 Å². The van der Waals surface area contributed by atoms with Crippen molar-refractivity contribution >= 4 is 17.1 Å². The lowest BCUT2D eigenvalue weighted by Crippen LogP contribution is -1.95. The summed E-state index contributed by atoms with van der Waals surface area (Å²) >= 11 is 6.00. The topological polar surface area (TPSA) is 17.3 Å². The summed E-state index contributed by atoms with van der Waals surface area (Å²) in [6, 6.07) is 14.2. The van der Waals surface area contributed by atoms with E-state index in [1.165, 1.54) is 5.56 Å². The van der Waals surface area contributed by atoms with Crippen molar-refractivity contribution < 1.29 is 0 Å². The summed E-state index contributed by atoms with van der Waals surface area (Å²) in [5.74, 6) is 1.01. The molecule has 0 saturated heterocycles. The number of rotatable bonds is 2. The zero-order valence-electron chi connectivity index (χ0n) is 9.18. The molecule has 0 spiro atoms. The number of hydrogen-bond donors (Lipinski definition) is 0. The molecule has 0 unspecified atom stereocenters. The number of halogens is 1. The van der Waals surface area contributed by atoms with Crippen LogP contribution in [-0.4, -0.2) is 9.38 Å². The molecule has 0 N–H and O–H groups in total. The molecule has 0 amide bonds.